The molecular formula is C16H24N2O. The highest BCUT2D eigenvalue weighted by molar-refractivity contribution is 5.96. The number of nitrogens with zero attached hydrogens (tertiary/aromatic N) is 1. The van der Waals surface area contributed by atoms with Crippen LogP contribution in [0.4, 0.5) is 0 Å². The van der Waals surface area contributed by atoms with E-state index < -0.39 is 0 Å². The van der Waals surface area contributed by atoms with Gasteiger partial charge in [0.05, 0.1) is 0 Å². The van der Waals surface area contributed by atoms with Crippen molar-refractivity contribution in [2.45, 2.75) is 51.6 Å². The van der Waals surface area contributed by atoms with Crippen LogP contribution in [0.2, 0.25) is 0 Å². The van der Waals surface area contributed by atoms with Gasteiger partial charge in [-0.2, -0.15) is 0 Å². The molecule has 1 aromatic carbocycles. The van der Waals surface area contributed by atoms with E-state index in [1.165, 1.54) is 0 Å². The van der Waals surface area contributed by atoms with Crippen LogP contribution >= 0.6 is 0 Å². The van der Waals surface area contributed by atoms with E-state index in [0.717, 1.165) is 36.8 Å². The number of rotatable bonds is 4. The molecule has 2 rings (SSSR count). The monoisotopic (exact) mass is 260 g/mol. The Morgan fingerprint density at radius 2 is 2.11 bits per heavy atom. The van der Waals surface area contributed by atoms with E-state index in [2.05, 4.69) is 18.7 Å². The predicted octanol–water partition coefficient (Wildman–Crippen LogP) is 2.59. The number of amides is 1. The Bertz CT molecular complexity index is 444. The minimum absolute atomic E-state index is 0.181. The highest BCUT2D eigenvalue weighted by Gasteiger charge is 2.34. The van der Waals surface area contributed by atoms with Crippen LogP contribution in [-0.2, 0) is 6.42 Å². The van der Waals surface area contributed by atoms with E-state index in [4.69, 9.17) is 5.73 Å². The van der Waals surface area contributed by atoms with Crippen LogP contribution in [0.15, 0.2) is 24.3 Å². The van der Waals surface area contributed by atoms with Gasteiger partial charge in [-0.25, -0.2) is 0 Å². The average Bonchev–Trinajstić information content (AvgIpc) is 2.80. The summed E-state index contributed by atoms with van der Waals surface area (Å²) >= 11 is 0. The molecule has 2 N–H and O–H groups in total. The van der Waals surface area contributed by atoms with Crippen molar-refractivity contribution in [1.82, 2.24) is 4.90 Å². The topological polar surface area (TPSA) is 46.3 Å². The van der Waals surface area contributed by atoms with Crippen molar-refractivity contribution in [1.29, 1.82) is 0 Å². The Hall–Kier alpha value is -1.35. The zero-order valence-corrected chi connectivity index (χ0v) is 11.9. The summed E-state index contributed by atoms with van der Waals surface area (Å²) in [6, 6.07) is 8.62. The largest absolute Gasteiger partial charge is 0.333 e. The second kappa shape index (κ2) is 6.20. The summed E-state index contributed by atoms with van der Waals surface area (Å²) in [4.78, 5) is 14.9. The number of hydrogen-bond donors (Lipinski definition) is 1. The van der Waals surface area contributed by atoms with Crippen molar-refractivity contribution in [3.05, 3.63) is 35.4 Å². The average molecular weight is 260 g/mol. The summed E-state index contributed by atoms with van der Waals surface area (Å²) in [7, 11) is 0. The van der Waals surface area contributed by atoms with E-state index in [1.54, 1.807) is 0 Å². The minimum Gasteiger partial charge on any atom is -0.333 e. The second-order valence-electron chi connectivity index (χ2n) is 5.40. The third-order valence-electron chi connectivity index (χ3n) is 4.15. The molecule has 1 saturated heterocycles. The predicted molar refractivity (Wildman–Crippen MR) is 78.1 cm³/mol. The fraction of sp³-hybridized carbons (Fsp3) is 0.562. The first-order valence-corrected chi connectivity index (χ1v) is 7.29. The lowest BCUT2D eigenvalue weighted by Crippen LogP contribution is -2.40. The van der Waals surface area contributed by atoms with E-state index in [1.807, 2.05) is 24.3 Å². The van der Waals surface area contributed by atoms with Gasteiger partial charge in [-0.3, -0.25) is 4.79 Å². The molecule has 0 aliphatic carbocycles. The molecule has 0 spiro atoms. The molecule has 1 heterocycles. The maximum Gasteiger partial charge on any atom is 0.254 e. The molecule has 1 fully saturated rings. The van der Waals surface area contributed by atoms with E-state index >= 15 is 0 Å². The lowest BCUT2D eigenvalue weighted by atomic mass is 10.0. The fourth-order valence-corrected chi connectivity index (χ4v) is 3.08. The van der Waals surface area contributed by atoms with Crippen molar-refractivity contribution in [2.75, 3.05) is 6.54 Å². The smallest absolute Gasteiger partial charge is 0.254 e. The van der Waals surface area contributed by atoms with Crippen LogP contribution in [0, 0.1) is 0 Å². The summed E-state index contributed by atoms with van der Waals surface area (Å²) in [5, 5.41) is 0. The molecule has 1 aliphatic heterocycles. The maximum absolute atomic E-state index is 12.8. The quantitative estimate of drug-likeness (QED) is 0.904. The fourth-order valence-electron chi connectivity index (χ4n) is 3.08. The number of benzene rings is 1. The molecule has 1 amide bonds. The summed E-state index contributed by atoms with van der Waals surface area (Å²) in [5.41, 5.74) is 7.55. The van der Waals surface area contributed by atoms with Crippen LogP contribution in [0.5, 0.6) is 0 Å². The van der Waals surface area contributed by atoms with Gasteiger partial charge < -0.3 is 10.6 Å². The normalized spacial score (nSPS) is 22.8. The Morgan fingerprint density at radius 3 is 2.79 bits per heavy atom. The highest BCUT2D eigenvalue weighted by Crippen LogP contribution is 2.28. The lowest BCUT2D eigenvalue weighted by Gasteiger charge is -2.29. The zero-order valence-electron chi connectivity index (χ0n) is 11.9. The van der Waals surface area contributed by atoms with Gasteiger partial charge in [-0.15, -0.1) is 0 Å². The Balaban J connectivity index is 2.28. The van der Waals surface area contributed by atoms with Gasteiger partial charge in [-0.1, -0.05) is 25.1 Å². The van der Waals surface area contributed by atoms with Crippen molar-refractivity contribution >= 4 is 5.91 Å². The molecule has 2 unspecified atom stereocenters. The highest BCUT2D eigenvalue weighted by atomic mass is 16.2. The number of carbonyl (C=O) groups excluding carboxylic acids is 1. The maximum atomic E-state index is 12.8. The van der Waals surface area contributed by atoms with E-state index in [9.17, 15) is 4.79 Å². The third-order valence-corrected chi connectivity index (χ3v) is 4.15. The molecule has 1 aliphatic rings. The molecule has 1 aromatic rings. The third kappa shape index (κ3) is 2.81. The molecule has 2 atom stereocenters. The first kappa shape index (κ1) is 14.1. The standard InChI is InChI=1S/C16H24N2O/c1-3-14-9-8-12(2)18(14)16(19)15-7-5-4-6-13(15)10-11-17/h4-7,12,14H,3,8-11,17H2,1-2H3. The van der Waals surface area contributed by atoms with Crippen molar-refractivity contribution in [3.63, 3.8) is 0 Å². The van der Waals surface area contributed by atoms with Crippen LogP contribution in [0.1, 0.15) is 49.0 Å². The number of nitrogens with two attached hydrogens (primary N) is 1. The van der Waals surface area contributed by atoms with Crippen LogP contribution < -0.4 is 5.73 Å². The summed E-state index contributed by atoms with van der Waals surface area (Å²) in [5.74, 6) is 0.181. The van der Waals surface area contributed by atoms with Crippen LogP contribution in [-0.4, -0.2) is 29.4 Å². The Morgan fingerprint density at radius 1 is 1.37 bits per heavy atom. The molecule has 104 valence electrons. The molecule has 3 nitrogen and oxygen atoms in total. The molecule has 0 bridgehead atoms. The summed E-state index contributed by atoms with van der Waals surface area (Å²) < 4.78 is 0. The molecule has 3 heteroatoms. The number of hydrogen-bond acceptors (Lipinski definition) is 2. The van der Waals surface area contributed by atoms with Crippen LogP contribution in [0.3, 0.4) is 0 Å². The van der Waals surface area contributed by atoms with Gasteiger partial charge in [-0.05, 0) is 50.8 Å². The number of likely N-dealkylation sites (tertiary alicyclic amines) is 1. The van der Waals surface area contributed by atoms with Crippen molar-refractivity contribution in [3.8, 4) is 0 Å². The van der Waals surface area contributed by atoms with Crippen molar-refractivity contribution in [2.24, 2.45) is 5.73 Å². The number of carbonyl (C=O) groups is 1. The first-order valence-electron chi connectivity index (χ1n) is 7.29. The second-order valence-corrected chi connectivity index (χ2v) is 5.40. The lowest BCUT2D eigenvalue weighted by molar-refractivity contribution is 0.0675. The van der Waals surface area contributed by atoms with Crippen molar-refractivity contribution < 1.29 is 4.79 Å². The van der Waals surface area contributed by atoms with Gasteiger partial charge >= 0.3 is 0 Å². The van der Waals surface area contributed by atoms with Gasteiger partial charge in [0.2, 0.25) is 0 Å². The molecule has 19 heavy (non-hydrogen) atoms. The van der Waals surface area contributed by atoms with Gasteiger partial charge in [0.15, 0.2) is 0 Å². The summed E-state index contributed by atoms with van der Waals surface area (Å²) in [6.07, 6.45) is 4.04. The molecule has 0 radical (unpaired) electrons. The zero-order chi connectivity index (χ0) is 13.8. The molecule has 0 aromatic heterocycles. The van der Waals surface area contributed by atoms with E-state index in [0.29, 0.717) is 18.6 Å². The van der Waals surface area contributed by atoms with Crippen LogP contribution in [0.25, 0.3) is 0 Å². The van der Waals surface area contributed by atoms with Gasteiger partial charge in [0, 0.05) is 17.6 Å². The molecule has 0 saturated carbocycles. The Kier molecular flexibility index (Phi) is 4.59. The molecular weight excluding hydrogens is 236 g/mol. The van der Waals surface area contributed by atoms with Gasteiger partial charge in [0.1, 0.15) is 0 Å². The van der Waals surface area contributed by atoms with Gasteiger partial charge in [0.25, 0.3) is 5.91 Å². The summed E-state index contributed by atoms with van der Waals surface area (Å²) in [6.45, 7) is 4.89. The van der Waals surface area contributed by atoms with E-state index in [-0.39, 0.29) is 5.91 Å². The Labute approximate surface area is 115 Å². The minimum atomic E-state index is 0.181. The first-order chi connectivity index (χ1) is 9.19. The SMILES string of the molecule is CCC1CCC(C)N1C(=O)c1ccccc1CCN.